The van der Waals surface area contributed by atoms with Crippen LogP contribution in [0.2, 0.25) is 0 Å². The van der Waals surface area contributed by atoms with Crippen molar-refractivity contribution in [2.24, 2.45) is 11.7 Å². The van der Waals surface area contributed by atoms with Gasteiger partial charge in [0.1, 0.15) is 0 Å². The summed E-state index contributed by atoms with van der Waals surface area (Å²) in [6.45, 7) is 0.665. The van der Waals surface area contributed by atoms with E-state index in [4.69, 9.17) is 5.73 Å². The molecule has 1 fully saturated rings. The summed E-state index contributed by atoms with van der Waals surface area (Å²) in [5.74, 6) is 0.731. The number of rotatable bonds is 5. The van der Waals surface area contributed by atoms with Gasteiger partial charge in [0, 0.05) is 26.1 Å². The first kappa shape index (κ1) is 13.1. The third kappa shape index (κ3) is 3.79. The van der Waals surface area contributed by atoms with Gasteiger partial charge in [-0.05, 0) is 51.7 Å². The average molecular weight is 317 g/mol. The minimum Gasteiger partial charge on any atom is -0.341 e. The average Bonchev–Trinajstić information content (AvgIpc) is 3.04. The Hall–Kier alpha value is -0.390. The number of nitrogens with zero attached hydrogens (tertiary/aromatic N) is 1. The summed E-state index contributed by atoms with van der Waals surface area (Å²) in [5, 5.41) is 2.06. The van der Waals surface area contributed by atoms with Crippen LogP contribution in [0.3, 0.4) is 0 Å². The second-order valence-corrected chi connectivity index (χ2v) is 7.00. The molecule has 0 radical (unpaired) electrons. The van der Waals surface area contributed by atoms with E-state index in [1.165, 1.54) is 12.8 Å². The third-order valence-corrected chi connectivity index (χ3v) is 4.66. The van der Waals surface area contributed by atoms with Gasteiger partial charge in [-0.25, -0.2) is 0 Å². The summed E-state index contributed by atoms with van der Waals surface area (Å²) in [4.78, 5) is 13.7. The van der Waals surface area contributed by atoms with Gasteiger partial charge in [-0.1, -0.05) is 0 Å². The van der Waals surface area contributed by atoms with E-state index in [1.807, 2.05) is 7.05 Å². The Morgan fingerprint density at radius 3 is 2.94 bits per heavy atom. The number of thiophene rings is 1. The summed E-state index contributed by atoms with van der Waals surface area (Å²) in [6, 6.07) is 2.11. The van der Waals surface area contributed by atoms with Crippen molar-refractivity contribution in [2.45, 2.75) is 31.8 Å². The molecule has 1 aromatic heterocycles. The molecule has 0 spiro atoms. The zero-order chi connectivity index (χ0) is 12.4. The van der Waals surface area contributed by atoms with Crippen LogP contribution in [-0.4, -0.2) is 23.9 Å². The molecule has 1 aliphatic carbocycles. The van der Waals surface area contributed by atoms with Gasteiger partial charge >= 0.3 is 0 Å². The molecular weight excluding hydrogens is 300 g/mol. The lowest BCUT2D eigenvalue weighted by molar-refractivity contribution is -0.130. The van der Waals surface area contributed by atoms with Crippen molar-refractivity contribution in [2.75, 3.05) is 7.05 Å². The van der Waals surface area contributed by atoms with Crippen molar-refractivity contribution in [3.05, 3.63) is 20.8 Å². The summed E-state index contributed by atoms with van der Waals surface area (Å²) < 4.78 is 1.10. The first-order valence-electron chi connectivity index (χ1n) is 5.78. The van der Waals surface area contributed by atoms with Crippen molar-refractivity contribution >= 4 is 33.2 Å². The fourth-order valence-electron chi connectivity index (χ4n) is 1.84. The van der Waals surface area contributed by atoms with Crippen LogP contribution in [0, 0.1) is 5.92 Å². The van der Waals surface area contributed by atoms with Crippen molar-refractivity contribution in [3.63, 3.8) is 0 Å². The van der Waals surface area contributed by atoms with Gasteiger partial charge in [0.25, 0.3) is 0 Å². The van der Waals surface area contributed by atoms with Crippen LogP contribution >= 0.6 is 27.3 Å². The van der Waals surface area contributed by atoms with Gasteiger partial charge in [0.05, 0.1) is 3.79 Å². The largest absolute Gasteiger partial charge is 0.341 e. The van der Waals surface area contributed by atoms with E-state index in [9.17, 15) is 4.79 Å². The number of amides is 1. The first-order chi connectivity index (χ1) is 8.06. The Bertz CT molecular complexity index is 403. The minimum atomic E-state index is 0.0548. The standard InChI is InChI=1S/C12H17BrN2OS/c1-15(6-8-4-11(13)17-7-8)12(16)5-10(14)9-2-3-9/h4,7,9-10H,2-3,5-6,14H2,1H3. The monoisotopic (exact) mass is 316 g/mol. The van der Waals surface area contributed by atoms with Crippen molar-refractivity contribution in [1.29, 1.82) is 0 Å². The molecule has 1 unspecified atom stereocenters. The fourth-order valence-corrected chi connectivity index (χ4v) is 3.04. The van der Waals surface area contributed by atoms with E-state index in [1.54, 1.807) is 16.2 Å². The molecule has 0 aromatic carbocycles. The highest BCUT2D eigenvalue weighted by molar-refractivity contribution is 9.11. The molecule has 1 heterocycles. The molecule has 94 valence electrons. The van der Waals surface area contributed by atoms with E-state index in [0.717, 1.165) is 9.35 Å². The number of carbonyl (C=O) groups is 1. The Labute approximate surface area is 114 Å². The predicted molar refractivity (Wildman–Crippen MR) is 73.8 cm³/mol. The molecule has 2 N–H and O–H groups in total. The maximum Gasteiger partial charge on any atom is 0.224 e. The Balaban J connectivity index is 1.82. The number of carbonyl (C=O) groups excluding carboxylic acids is 1. The normalized spacial score (nSPS) is 16.9. The molecular formula is C12H17BrN2OS. The van der Waals surface area contributed by atoms with Crippen molar-refractivity contribution in [3.8, 4) is 0 Å². The van der Waals surface area contributed by atoms with Gasteiger partial charge in [-0.3, -0.25) is 4.79 Å². The first-order valence-corrected chi connectivity index (χ1v) is 7.46. The summed E-state index contributed by atoms with van der Waals surface area (Å²) in [7, 11) is 1.84. The highest BCUT2D eigenvalue weighted by Gasteiger charge is 2.30. The second kappa shape index (κ2) is 5.50. The van der Waals surface area contributed by atoms with Crippen molar-refractivity contribution in [1.82, 2.24) is 4.90 Å². The molecule has 0 aliphatic heterocycles. The SMILES string of the molecule is CN(Cc1csc(Br)c1)C(=O)CC(N)C1CC1. The van der Waals surface area contributed by atoms with E-state index < -0.39 is 0 Å². The van der Waals surface area contributed by atoms with Gasteiger partial charge < -0.3 is 10.6 Å². The number of hydrogen-bond acceptors (Lipinski definition) is 3. The van der Waals surface area contributed by atoms with Crippen LogP contribution < -0.4 is 5.73 Å². The molecule has 0 saturated heterocycles. The maximum absolute atomic E-state index is 11.9. The highest BCUT2D eigenvalue weighted by Crippen LogP contribution is 2.33. The molecule has 2 rings (SSSR count). The van der Waals surface area contributed by atoms with Crippen LogP contribution in [0.25, 0.3) is 0 Å². The molecule has 5 heteroatoms. The fraction of sp³-hybridized carbons (Fsp3) is 0.583. The lowest BCUT2D eigenvalue weighted by Gasteiger charge is -2.19. The van der Waals surface area contributed by atoms with Crippen molar-refractivity contribution < 1.29 is 4.79 Å². The highest BCUT2D eigenvalue weighted by atomic mass is 79.9. The zero-order valence-electron chi connectivity index (χ0n) is 9.86. The van der Waals surface area contributed by atoms with E-state index in [0.29, 0.717) is 18.9 Å². The summed E-state index contributed by atoms with van der Waals surface area (Å²) in [6.07, 6.45) is 2.86. The number of hydrogen-bond donors (Lipinski definition) is 1. The second-order valence-electron chi connectivity index (χ2n) is 4.71. The van der Waals surface area contributed by atoms with Crippen LogP contribution in [0.5, 0.6) is 0 Å². The van der Waals surface area contributed by atoms with Crippen LogP contribution in [0.15, 0.2) is 15.2 Å². The molecule has 3 nitrogen and oxygen atoms in total. The van der Waals surface area contributed by atoms with Gasteiger partial charge in [0.2, 0.25) is 5.91 Å². The molecule has 1 atom stereocenters. The molecule has 1 aromatic rings. The summed E-state index contributed by atoms with van der Waals surface area (Å²) >= 11 is 5.06. The topological polar surface area (TPSA) is 46.3 Å². The Kier molecular flexibility index (Phi) is 4.22. The smallest absolute Gasteiger partial charge is 0.224 e. The molecule has 17 heavy (non-hydrogen) atoms. The third-order valence-electron chi connectivity index (χ3n) is 3.11. The minimum absolute atomic E-state index is 0.0548. The molecule has 1 amide bonds. The molecule has 0 bridgehead atoms. The van der Waals surface area contributed by atoms with Crippen LogP contribution in [0.4, 0.5) is 0 Å². The lowest BCUT2D eigenvalue weighted by Crippen LogP contribution is -2.34. The maximum atomic E-state index is 11.9. The van der Waals surface area contributed by atoms with Gasteiger partial charge in [0.15, 0.2) is 0 Å². The summed E-state index contributed by atoms with van der Waals surface area (Å²) in [5.41, 5.74) is 7.13. The zero-order valence-corrected chi connectivity index (χ0v) is 12.3. The van der Waals surface area contributed by atoms with Crippen LogP contribution in [-0.2, 0) is 11.3 Å². The van der Waals surface area contributed by atoms with Gasteiger partial charge in [-0.15, -0.1) is 11.3 Å². The van der Waals surface area contributed by atoms with Crippen LogP contribution in [0.1, 0.15) is 24.8 Å². The predicted octanol–water partition coefficient (Wildman–Crippen LogP) is 2.60. The number of halogens is 1. The lowest BCUT2D eigenvalue weighted by atomic mass is 10.1. The number of nitrogens with two attached hydrogens (primary N) is 1. The quantitative estimate of drug-likeness (QED) is 0.907. The van der Waals surface area contributed by atoms with E-state index in [2.05, 4.69) is 27.4 Å². The molecule has 1 aliphatic rings. The Morgan fingerprint density at radius 1 is 1.71 bits per heavy atom. The Morgan fingerprint density at radius 2 is 2.41 bits per heavy atom. The molecule has 1 saturated carbocycles. The van der Waals surface area contributed by atoms with E-state index in [-0.39, 0.29) is 11.9 Å². The van der Waals surface area contributed by atoms with E-state index >= 15 is 0 Å². The van der Waals surface area contributed by atoms with Gasteiger partial charge in [-0.2, -0.15) is 0 Å².